The minimum atomic E-state index is -0.276. The average Bonchev–Trinajstić information content (AvgIpc) is 2.47. The Balaban J connectivity index is 2.09. The summed E-state index contributed by atoms with van der Waals surface area (Å²) in [5.41, 5.74) is 7.31. The molecular weight excluding hydrogens is 257 g/mol. The van der Waals surface area contributed by atoms with Gasteiger partial charge in [0.15, 0.2) is 0 Å². The third-order valence-electron chi connectivity index (χ3n) is 2.96. The summed E-state index contributed by atoms with van der Waals surface area (Å²) in [4.78, 5) is 0. The van der Waals surface area contributed by atoms with Crippen LogP contribution in [0.1, 0.15) is 11.1 Å². The SMILES string of the molecule is COc1cccc(COc2ccc(F)cc2CCN)c1. The fraction of sp³-hybridized carbons (Fsp3) is 0.250. The van der Waals surface area contributed by atoms with Crippen LogP contribution in [0.5, 0.6) is 11.5 Å². The number of benzene rings is 2. The van der Waals surface area contributed by atoms with Gasteiger partial charge in [0, 0.05) is 0 Å². The third kappa shape index (κ3) is 3.71. The van der Waals surface area contributed by atoms with E-state index in [9.17, 15) is 4.39 Å². The van der Waals surface area contributed by atoms with Crippen molar-refractivity contribution in [1.29, 1.82) is 0 Å². The molecule has 0 aliphatic heterocycles. The maximum atomic E-state index is 13.2. The van der Waals surface area contributed by atoms with Crippen LogP contribution in [0.15, 0.2) is 42.5 Å². The third-order valence-corrected chi connectivity index (χ3v) is 2.96. The lowest BCUT2D eigenvalue weighted by molar-refractivity contribution is 0.301. The predicted octanol–water partition coefficient (Wildman–Crippen LogP) is 2.91. The number of methoxy groups -OCH3 is 1. The molecule has 2 rings (SSSR count). The van der Waals surface area contributed by atoms with E-state index >= 15 is 0 Å². The van der Waals surface area contributed by atoms with E-state index in [4.69, 9.17) is 15.2 Å². The monoisotopic (exact) mass is 275 g/mol. The largest absolute Gasteiger partial charge is 0.497 e. The van der Waals surface area contributed by atoms with Crippen LogP contribution in [0, 0.1) is 5.82 Å². The summed E-state index contributed by atoms with van der Waals surface area (Å²) in [5.74, 6) is 1.18. The van der Waals surface area contributed by atoms with Gasteiger partial charge < -0.3 is 15.2 Å². The molecule has 0 radical (unpaired) electrons. The van der Waals surface area contributed by atoms with Gasteiger partial charge in [-0.1, -0.05) is 12.1 Å². The van der Waals surface area contributed by atoms with Crippen molar-refractivity contribution in [1.82, 2.24) is 0 Å². The second-order valence-corrected chi connectivity index (χ2v) is 4.43. The standard InChI is InChI=1S/C16H18FNO2/c1-19-15-4-2-3-12(9-15)11-20-16-6-5-14(17)10-13(16)7-8-18/h2-6,9-10H,7-8,11,18H2,1H3. The zero-order valence-electron chi connectivity index (χ0n) is 11.4. The summed E-state index contributed by atoms with van der Waals surface area (Å²) in [6, 6.07) is 12.1. The zero-order valence-corrected chi connectivity index (χ0v) is 11.4. The molecule has 0 aliphatic carbocycles. The van der Waals surface area contributed by atoms with Crippen molar-refractivity contribution in [2.24, 2.45) is 5.73 Å². The highest BCUT2D eigenvalue weighted by atomic mass is 19.1. The number of rotatable bonds is 6. The zero-order chi connectivity index (χ0) is 14.4. The molecule has 4 heteroatoms. The molecule has 0 heterocycles. The van der Waals surface area contributed by atoms with Crippen LogP contribution in [0.4, 0.5) is 4.39 Å². The normalized spacial score (nSPS) is 10.3. The molecule has 2 aromatic carbocycles. The topological polar surface area (TPSA) is 44.5 Å². The van der Waals surface area contributed by atoms with Gasteiger partial charge in [-0.3, -0.25) is 0 Å². The Hall–Kier alpha value is -2.07. The lowest BCUT2D eigenvalue weighted by Gasteiger charge is -2.12. The van der Waals surface area contributed by atoms with Crippen molar-refractivity contribution >= 4 is 0 Å². The Morgan fingerprint density at radius 2 is 2.00 bits per heavy atom. The van der Waals surface area contributed by atoms with Crippen LogP contribution < -0.4 is 15.2 Å². The first-order chi connectivity index (χ1) is 9.72. The molecule has 20 heavy (non-hydrogen) atoms. The maximum Gasteiger partial charge on any atom is 0.123 e. The van der Waals surface area contributed by atoms with E-state index in [0.29, 0.717) is 25.3 Å². The van der Waals surface area contributed by atoms with Gasteiger partial charge in [-0.15, -0.1) is 0 Å². The quantitative estimate of drug-likeness (QED) is 0.881. The maximum absolute atomic E-state index is 13.2. The van der Waals surface area contributed by atoms with Gasteiger partial charge in [-0.05, 0) is 54.4 Å². The predicted molar refractivity (Wildman–Crippen MR) is 76.5 cm³/mol. The molecule has 0 unspecified atom stereocenters. The van der Waals surface area contributed by atoms with E-state index < -0.39 is 0 Å². The molecule has 0 aromatic heterocycles. The van der Waals surface area contributed by atoms with Crippen molar-refractivity contribution in [2.45, 2.75) is 13.0 Å². The number of hydrogen-bond donors (Lipinski definition) is 1. The minimum absolute atomic E-state index is 0.276. The van der Waals surface area contributed by atoms with Gasteiger partial charge >= 0.3 is 0 Å². The van der Waals surface area contributed by atoms with Gasteiger partial charge in [0.05, 0.1) is 7.11 Å². The van der Waals surface area contributed by atoms with E-state index in [1.807, 2.05) is 24.3 Å². The first kappa shape index (κ1) is 14.3. The Kier molecular flexibility index (Phi) is 4.96. The van der Waals surface area contributed by atoms with Gasteiger partial charge in [-0.25, -0.2) is 4.39 Å². The van der Waals surface area contributed by atoms with Crippen LogP contribution in [-0.4, -0.2) is 13.7 Å². The molecule has 0 bridgehead atoms. The first-order valence-electron chi connectivity index (χ1n) is 6.47. The minimum Gasteiger partial charge on any atom is -0.497 e. The van der Waals surface area contributed by atoms with E-state index in [-0.39, 0.29) is 5.82 Å². The molecule has 2 N–H and O–H groups in total. The summed E-state index contributed by atoms with van der Waals surface area (Å²) in [7, 11) is 1.62. The van der Waals surface area contributed by atoms with Gasteiger partial charge in [-0.2, -0.15) is 0 Å². The average molecular weight is 275 g/mol. The summed E-state index contributed by atoms with van der Waals surface area (Å²) < 4.78 is 24.1. The van der Waals surface area contributed by atoms with Gasteiger partial charge in [0.1, 0.15) is 23.9 Å². The second kappa shape index (κ2) is 6.91. The Labute approximate surface area is 118 Å². The Morgan fingerprint density at radius 3 is 2.75 bits per heavy atom. The van der Waals surface area contributed by atoms with Crippen LogP contribution in [-0.2, 0) is 13.0 Å². The molecular formula is C16H18FNO2. The number of halogens is 1. The van der Waals surface area contributed by atoms with Crippen molar-refractivity contribution < 1.29 is 13.9 Å². The van der Waals surface area contributed by atoms with Crippen molar-refractivity contribution in [3.8, 4) is 11.5 Å². The van der Waals surface area contributed by atoms with E-state index in [2.05, 4.69) is 0 Å². The molecule has 0 amide bonds. The fourth-order valence-electron chi connectivity index (χ4n) is 1.96. The molecule has 0 saturated carbocycles. The number of ether oxygens (including phenoxy) is 2. The second-order valence-electron chi connectivity index (χ2n) is 4.43. The van der Waals surface area contributed by atoms with Crippen LogP contribution in [0.3, 0.4) is 0 Å². The Bertz CT molecular complexity index is 572. The van der Waals surface area contributed by atoms with Crippen molar-refractivity contribution in [3.63, 3.8) is 0 Å². The van der Waals surface area contributed by atoms with E-state index in [1.165, 1.54) is 12.1 Å². The number of nitrogens with two attached hydrogens (primary N) is 1. The summed E-state index contributed by atoms with van der Waals surface area (Å²) in [5, 5.41) is 0. The van der Waals surface area contributed by atoms with Gasteiger partial charge in [0.25, 0.3) is 0 Å². The van der Waals surface area contributed by atoms with Gasteiger partial charge in [0.2, 0.25) is 0 Å². The lowest BCUT2D eigenvalue weighted by Crippen LogP contribution is -2.06. The highest BCUT2D eigenvalue weighted by Crippen LogP contribution is 2.22. The molecule has 0 fully saturated rings. The van der Waals surface area contributed by atoms with E-state index in [0.717, 1.165) is 16.9 Å². The summed E-state index contributed by atoms with van der Waals surface area (Å²) in [6.07, 6.45) is 0.588. The number of hydrogen-bond acceptors (Lipinski definition) is 3. The first-order valence-corrected chi connectivity index (χ1v) is 6.47. The fourth-order valence-corrected chi connectivity index (χ4v) is 1.96. The smallest absolute Gasteiger partial charge is 0.123 e. The molecule has 0 atom stereocenters. The van der Waals surface area contributed by atoms with E-state index in [1.54, 1.807) is 13.2 Å². The van der Waals surface area contributed by atoms with Crippen LogP contribution in [0.25, 0.3) is 0 Å². The summed E-state index contributed by atoms with van der Waals surface area (Å²) >= 11 is 0. The highest BCUT2D eigenvalue weighted by Gasteiger charge is 2.06. The molecule has 0 aliphatic rings. The Morgan fingerprint density at radius 1 is 1.15 bits per heavy atom. The molecule has 0 saturated heterocycles. The highest BCUT2D eigenvalue weighted by molar-refractivity contribution is 5.35. The molecule has 3 nitrogen and oxygen atoms in total. The van der Waals surface area contributed by atoms with Crippen molar-refractivity contribution in [2.75, 3.05) is 13.7 Å². The summed E-state index contributed by atoms with van der Waals surface area (Å²) in [6.45, 7) is 0.860. The molecule has 106 valence electrons. The lowest BCUT2D eigenvalue weighted by atomic mass is 10.1. The van der Waals surface area contributed by atoms with Crippen LogP contribution >= 0.6 is 0 Å². The van der Waals surface area contributed by atoms with Crippen LogP contribution in [0.2, 0.25) is 0 Å². The van der Waals surface area contributed by atoms with Crippen molar-refractivity contribution in [3.05, 3.63) is 59.4 Å². The molecule has 2 aromatic rings. The molecule has 0 spiro atoms.